The second-order valence-corrected chi connectivity index (χ2v) is 4.34. The summed E-state index contributed by atoms with van der Waals surface area (Å²) in [6.07, 6.45) is 1.49. The van der Waals surface area contributed by atoms with E-state index in [1.165, 1.54) is 12.3 Å². The van der Waals surface area contributed by atoms with E-state index in [1.54, 1.807) is 18.2 Å². The van der Waals surface area contributed by atoms with Gasteiger partial charge in [0.05, 0.1) is 0 Å². The quantitative estimate of drug-likeness (QED) is 0.808. The number of hydrogen-bond donors (Lipinski definition) is 2. The second-order valence-electron chi connectivity index (χ2n) is 3.90. The number of phenolic OH excluding ortho intramolecular Hbond substituents is 2. The van der Waals surface area contributed by atoms with Crippen LogP contribution in [0.3, 0.4) is 0 Å². The first-order valence-electron chi connectivity index (χ1n) is 5.39. The highest BCUT2D eigenvalue weighted by Gasteiger charge is 2.02. The lowest BCUT2D eigenvalue weighted by molar-refractivity contribution is 0.470. The van der Waals surface area contributed by atoms with Crippen molar-refractivity contribution in [1.82, 2.24) is 0 Å². The average Bonchev–Trinajstić information content (AvgIpc) is 2.35. The molecule has 0 aliphatic rings. The van der Waals surface area contributed by atoms with E-state index in [4.69, 9.17) is 11.6 Å². The summed E-state index contributed by atoms with van der Waals surface area (Å²) in [5.41, 5.74) is 1.73. The van der Waals surface area contributed by atoms with Crippen molar-refractivity contribution < 1.29 is 10.2 Å². The average molecular weight is 262 g/mol. The number of hydrogen-bond acceptors (Lipinski definition) is 3. The Morgan fingerprint density at radius 1 is 1.17 bits per heavy atom. The van der Waals surface area contributed by atoms with Crippen molar-refractivity contribution in [3.63, 3.8) is 0 Å². The zero-order valence-corrected chi connectivity index (χ0v) is 10.5. The number of aromatic hydroxyl groups is 2. The third kappa shape index (κ3) is 2.63. The van der Waals surface area contributed by atoms with Crippen LogP contribution in [0.15, 0.2) is 41.4 Å². The van der Waals surface area contributed by atoms with Gasteiger partial charge in [0.25, 0.3) is 0 Å². The van der Waals surface area contributed by atoms with Crippen molar-refractivity contribution in [3.8, 4) is 11.5 Å². The molecule has 0 amide bonds. The Morgan fingerprint density at radius 2 is 1.94 bits per heavy atom. The number of nitrogens with zero attached hydrogens (tertiary/aromatic N) is 1. The third-order valence-electron chi connectivity index (χ3n) is 2.55. The van der Waals surface area contributed by atoms with Crippen molar-refractivity contribution in [2.24, 2.45) is 4.99 Å². The minimum atomic E-state index is 0.0443. The van der Waals surface area contributed by atoms with E-state index in [9.17, 15) is 10.2 Å². The molecule has 0 aliphatic carbocycles. The lowest BCUT2D eigenvalue weighted by atomic mass is 10.1. The maximum absolute atomic E-state index is 9.82. The first kappa shape index (κ1) is 12.5. The van der Waals surface area contributed by atoms with Gasteiger partial charge in [-0.2, -0.15) is 0 Å². The highest BCUT2D eigenvalue weighted by molar-refractivity contribution is 6.30. The lowest BCUT2D eigenvalue weighted by Crippen LogP contribution is -1.84. The number of aliphatic imine (C=N–C) groups is 1. The van der Waals surface area contributed by atoms with Gasteiger partial charge in [0, 0.05) is 16.8 Å². The number of aryl methyl sites for hydroxylation is 1. The fourth-order valence-corrected chi connectivity index (χ4v) is 1.69. The molecule has 0 radical (unpaired) electrons. The molecule has 0 spiro atoms. The van der Waals surface area contributed by atoms with E-state index in [0.717, 1.165) is 5.56 Å². The highest BCUT2D eigenvalue weighted by atomic mass is 35.5. The maximum Gasteiger partial charge on any atom is 0.141 e. The van der Waals surface area contributed by atoms with Gasteiger partial charge in [-0.25, -0.2) is 0 Å². The minimum absolute atomic E-state index is 0.0443. The summed E-state index contributed by atoms with van der Waals surface area (Å²) in [4.78, 5) is 4.12. The predicted molar refractivity (Wildman–Crippen MR) is 73.2 cm³/mol. The van der Waals surface area contributed by atoms with Gasteiger partial charge in [-0.1, -0.05) is 23.7 Å². The molecular weight excluding hydrogens is 250 g/mol. The van der Waals surface area contributed by atoms with Crippen molar-refractivity contribution in [2.45, 2.75) is 6.92 Å². The predicted octanol–water partition coefficient (Wildman–Crippen LogP) is 3.81. The number of benzene rings is 2. The molecule has 0 saturated carbocycles. The van der Waals surface area contributed by atoms with Crippen LogP contribution in [0, 0.1) is 6.92 Å². The Bertz CT molecular complexity index is 605. The highest BCUT2D eigenvalue weighted by Crippen LogP contribution is 2.29. The molecule has 2 aromatic rings. The Labute approximate surface area is 110 Å². The van der Waals surface area contributed by atoms with Crippen molar-refractivity contribution >= 4 is 23.5 Å². The van der Waals surface area contributed by atoms with Gasteiger partial charge in [-0.05, 0) is 36.8 Å². The van der Waals surface area contributed by atoms with Crippen LogP contribution < -0.4 is 0 Å². The van der Waals surface area contributed by atoms with E-state index in [2.05, 4.69) is 4.99 Å². The van der Waals surface area contributed by atoms with Crippen LogP contribution in [0.2, 0.25) is 5.02 Å². The number of halogens is 1. The van der Waals surface area contributed by atoms with Gasteiger partial charge in [0.1, 0.15) is 17.2 Å². The van der Waals surface area contributed by atoms with Crippen LogP contribution in [-0.4, -0.2) is 16.4 Å². The number of para-hydroxylation sites is 1. The summed E-state index contributed by atoms with van der Waals surface area (Å²) in [7, 11) is 0. The summed E-state index contributed by atoms with van der Waals surface area (Å²) >= 11 is 5.82. The Morgan fingerprint density at radius 3 is 2.72 bits per heavy atom. The Balaban J connectivity index is 2.36. The molecule has 0 aromatic heterocycles. The molecule has 0 aliphatic heterocycles. The molecule has 92 valence electrons. The van der Waals surface area contributed by atoms with Crippen LogP contribution in [0.1, 0.15) is 11.1 Å². The van der Waals surface area contributed by atoms with E-state index >= 15 is 0 Å². The molecular formula is C14H12ClNO2. The molecule has 2 aromatic carbocycles. The standard InChI is InChI=1S/C14H12ClNO2/c1-9-3-2-4-10(14(9)18)8-16-12-7-11(15)5-6-13(12)17/h2-8,17-18H,1H3. The van der Waals surface area contributed by atoms with Gasteiger partial charge in [-0.15, -0.1) is 0 Å². The Hall–Kier alpha value is -2.00. The van der Waals surface area contributed by atoms with Crippen LogP contribution in [0.4, 0.5) is 5.69 Å². The summed E-state index contributed by atoms with van der Waals surface area (Å²) in [6, 6.07) is 10.00. The second kappa shape index (κ2) is 5.10. The molecule has 0 heterocycles. The van der Waals surface area contributed by atoms with Gasteiger partial charge < -0.3 is 10.2 Å². The summed E-state index contributed by atoms with van der Waals surface area (Å²) < 4.78 is 0. The monoisotopic (exact) mass is 261 g/mol. The van der Waals surface area contributed by atoms with Crippen molar-refractivity contribution in [2.75, 3.05) is 0 Å². The molecule has 0 atom stereocenters. The molecule has 2 N–H and O–H groups in total. The largest absolute Gasteiger partial charge is 0.507 e. The van der Waals surface area contributed by atoms with Crippen molar-refractivity contribution in [3.05, 3.63) is 52.5 Å². The molecule has 18 heavy (non-hydrogen) atoms. The zero-order valence-electron chi connectivity index (χ0n) is 9.76. The van der Waals surface area contributed by atoms with Gasteiger partial charge >= 0.3 is 0 Å². The molecule has 0 saturated heterocycles. The fraction of sp³-hybridized carbons (Fsp3) is 0.0714. The minimum Gasteiger partial charge on any atom is -0.507 e. The van der Waals surface area contributed by atoms with Crippen LogP contribution in [-0.2, 0) is 0 Å². The number of phenols is 2. The summed E-state index contributed by atoms with van der Waals surface area (Å²) in [5.74, 6) is 0.227. The van der Waals surface area contributed by atoms with Crippen LogP contribution >= 0.6 is 11.6 Å². The van der Waals surface area contributed by atoms with Crippen LogP contribution in [0.25, 0.3) is 0 Å². The van der Waals surface area contributed by atoms with Crippen LogP contribution in [0.5, 0.6) is 11.5 Å². The smallest absolute Gasteiger partial charge is 0.141 e. The van der Waals surface area contributed by atoms with Gasteiger partial charge in [0.2, 0.25) is 0 Å². The van der Waals surface area contributed by atoms with E-state index in [-0.39, 0.29) is 11.5 Å². The molecule has 3 nitrogen and oxygen atoms in total. The molecule has 4 heteroatoms. The lowest BCUT2D eigenvalue weighted by Gasteiger charge is -2.02. The topological polar surface area (TPSA) is 52.8 Å². The number of rotatable bonds is 2. The van der Waals surface area contributed by atoms with Crippen molar-refractivity contribution in [1.29, 1.82) is 0 Å². The van der Waals surface area contributed by atoms with Gasteiger partial charge in [0.15, 0.2) is 0 Å². The SMILES string of the molecule is Cc1cccc(C=Nc2cc(Cl)ccc2O)c1O. The van der Waals surface area contributed by atoms with E-state index in [1.807, 2.05) is 19.1 Å². The van der Waals surface area contributed by atoms with Gasteiger partial charge in [-0.3, -0.25) is 4.99 Å². The summed E-state index contributed by atoms with van der Waals surface area (Å²) in [5, 5.41) is 19.9. The zero-order chi connectivity index (χ0) is 13.1. The first-order valence-corrected chi connectivity index (χ1v) is 5.77. The molecule has 0 unspecified atom stereocenters. The molecule has 0 bridgehead atoms. The maximum atomic E-state index is 9.82. The first-order chi connectivity index (χ1) is 8.58. The van der Waals surface area contributed by atoms with E-state index < -0.39 is 0 Å². The molecule has 0 fully saturated rings. The third-order valence-corrected chi connectivity index (χ3v) is 2.78. The fourth-order valence-electron chi connectivity index (χ4n) is 1.52. The molecule has 2 rings (SSSR count). The Kier molecular flexibility index (Phi) is 3.53. The normalized spacial score (nSPS) is 11.0. The summed E-state index contributed by atoms with van der Waals surface area (Å²) in [6.45, 7) is 1.81. The van der Waals surface area contributed by atoms with E-state index in [0.29, 0.717) is 16.3 Å².